The van der Waals surface area contributed by atoms with E-state index in [2.05, 4.69) is 0 Å². The molecular weight excluding hydrogens is 255 g/mol. The highest BCUT2D eigenvalue weighted by molar-refractivity contribution is 7.92. The largest absolute Gasteiger partial charge is 0.501 e. The molecule has 0 fully saturated rings. The maximum atomic E-state index is 12.4. The first kappa shape index (κ1) is 14.0. The molecule has 1 rings (SSSR count). The molecule has 0 aliphatic heterocycles. The highest BCUT2D eigenvalue weighted by atomic mass is 32.2. The monoisotopic (exact) mass is 267 g/mol. The predicted octanol–water partition coefficient (Wildman–Crippen LogP) is 1.87. The van der Waals surface area contributed by atoms with Crippen molar-refractivity contribution >= 4 is 9.84 Å². The van der Waals surface area contributed by atoms with Crippen molar-refractivity contribution in [2.75, 3.05) is 0 Å². The summed E-state index contributed by atoms with van der Waals surface area (Å²) in [5.41, 5.74) is 0.262. The van der Waals surface area contributed by atoms with Crippen LogP contribution in [-0.4, -0.2) is 20.0 Å². The lowest BCUT2D eigenvalue weighted by Gasteiger charge is -2.13. The maximum Gasteiger partial charge on any atom is 0.501 e. The van der Waals surface area contributed by atoms with E-state index in [1.165, 1.54) is 18.2 Å². The summed E-state index contributed by atoms with van der Waals surface area (Å²) in [6, 6.07) is 4.60. The normalized spacial score (nSPS) is 14.6. The van der Waals surface area contributed by atoms with Crippen molar-refractivity contribution in [1.82, 2.24) is 0 Å². The standard InChI is InChI=1S/C10H12F3NO2S/c1-7(14)6-8-4-2-3-5-9(8)17(15,16)10(11,12)13/h2-5,7H,6,14H2,1H3. The number of benzene rings is 1. The van der Waals surface area contributed by atoms with Crippen LogP contribution in [0.15, 0.2) is 29.2 Å². The van der Waals surface area contributed by atoms with Gasteiger partial charge >= 0.3 is 5.51 Å². The number of hydrogen-bond acceptors (Lipinski definition) is 3. The fraction of sp³-hybridized carbons (Fsp3) is 0.400. The van der Waals surface area contributed by atoms with Gasteiger partial charge in [-0.2, -0.15) is 13.2 Å². The zero-order valence-electron chi connectivity index (χ0n) is 9.03. The molecule has 0 aliphatic carbocycles. The Hall–Kier alpha value is -1.08. The molecule has 1 atom stereocenters. The summed E-state index contributed by atoms with van der Waals surface area (Å²) < 4.78 is 59.8. The van der Waals surface area contributed by atoms with E-state index < -0.39 is 26.3 Å². The maximum absolute atomic E-state index is 12.4. The van der Waals surface area contributed by atoms with Crippen LogP contribution in [0.4, 0.5) is 13.2 Å². The molecule has 7 heteroatoms. The highest BCUT2D eigenvalue weighted by Gasteiger charge is 2.47. The van der Waals surface area contributed by atoms with E-state index in [1.807, 2.05) is 0 Å². The first-order chi connectivity index (χ1) is 7.66. The molecule has 3 nitrogen and oxygen atoms in total. The van der Waals surface area contributed by atoms with Crippen molar-refractivity contribution in [1.29, 1.82) is 0 Å². The van der Waals surface area contributed by atoms with Gasteiger partial charge in [0.05, 0.1) is 4.90 Å². The molecule has 0 saturated heterocycles. The van der Waals surface area contributed by atoms with Crippen molar-refractivity contribution in [3.63, 3.8) is 0 Å². The van der Waals surface area contributed by atoms with Gasteiger partial charge in [-0.25, -0.2) is 8.42 Å². The number of rotatable bonds is 3. The molecule has 1 unspecified atom stereocenters. The van der Waals surface area contributed by atoms with E-state index in [-0.39, 0.29) is 12.0 Å². The summed E-state index contributed by atoms with van der Waals surface area (Å²) in [4.78, 5) is -0.718. The van der Waals surface area contributed by atoms with Gasteiger partial charge in [-0.05, 0) is 25.0 Å². The summed E-state index contributed by atoms with van der Waals surface area (Å²) in [6.45, 7) is 1.59. The molecule has 0 radical (unpaired) electrons. The van der Waals surface area contributed by atoms with Gasteiger partial charge in [-0.1, -0.05) is 18.2 Å². The Balaban J connectivity index is 3.33. The molecule has 2 N–H and O–H groups in total. The molecule has 1 aromatic rings. The molecule has 1 aromatic carbocycles. The third kappa shape index (κ3) is 2.98. The number of nitrogens with two attached hydrogens (primary N) is 1. The van der Waals surface area contributed by atoms with Crippen LogP contribution in [0.5, 0.6) is 0 Å². The van der Waals surface area contributed by atoms with Crippen LogP contribution in [0, 0.1) is 0 Å². The van der Waals surface area contributed by atoms with E-state index in [0.717, 1.165) is 6.07 Å². The average molecular weight is 267 g/mol. The van der Waals surface area contributed by atoms with Crippen LogP contribution in [0.1, 0.15) is 12.5 Å². The Morgan fingerprint density at radius 1 is 1.29 bits per heavy atom. The SMILES string of the molecule is CC(N)Cc1ccccc1S(=O)(=O)C(F)(F)F. The summed E-state index contributed by atoms with van der Waals surface area (Å²) in [6.07, 6.45) is 0.0749. The third-order valence-electron chi connectivity index (χ3n) is 2.11. The van der Waals surface area contributed by atoms with Gasteiger partial charge < -0.3 is 5.73 Å². The predicted molar refractivity (Wildman–Crippen MR) is 57.0 cm³/mol. The van der Waals surface area contributed by atoms with Crippen LogP contribution in [-0.2, 0) is 16.3 Å². The molecular formula is C10H12F3NO2S. The lowest BCUT2D eigenvalue weighted by Crippen LogP contribution is -2.26. The molecule has 0 saturated carbocycles. The summed E-state index contributed by atoms with van der Waals surface area (Å²) in [7, 11) is -5.31. The van der Waals surface area contributed by atoms with Crippen LogP contribution < -0.4 is 5.73 Å². The minimum absolute atomic E-state index is 0.0749. The Morgan fingerprint density at radius 3 is 2.29 bits per heavy atom. The lowest BCUT2D eigenvalue weighted by atomic mass is 10.1. The Labute approximate surface area is 97.4 Å². The second kappa shape index (κ2) is 4.66. The molecule has 0 spiro atoms. The fourth-order valence-electron chi connectivity index (χ4n) is 1.41. The van der Waals surface area contributed by atoms with Gasteiger partial charge in [-0.3, -0.25) is 0 Å². The molecule has 0 aliphatic rings. The van der Waals surface area contributed by atoms with Gasteiger partial charge in [0.15, 0.2) is 0 Å². The number of halogens is 3. The summed E-state index contributed by atoms with van der Waals surface area (Å²) in [5, 5.41) is 0. The summed E-state index contributed by atoms with van der Waals surface area (Å²) >= 11 is 0. The quantitative estimate of drug-likeness (QED) is 0.909. The van der Waals surface area contributed by atoms with E-state index in [4.69, 9.17) is 5.73 Å². The van der Waals surface area contributed by atoms with Crippen molar-refractivity contribution in [3.05, 3.63) is 29.8 Å². The van der Waals surface area contributed by atoms with Crippen molar-refractivity contribution in [2.24, 2.45) is 5.73 Å². The van der Waals surface area contributed by atoms with E-state index in [1.54, 1.807) is 6.92 Å². The Kier molecular flexibility index (Phi) is 3.83. The zero-order valence-corrected chi connectivity index (χ0v) is 9.85. The Morgan fingerprint density at radius 2 is 1.82 bits per heavy atom. The van der Waals surface area contributed by atoms with Crippen LogP contribution in [0.2, 0.25) is 0 Å². The number of hydrogen-bond donors (Lipinski definition) is 1. The number of alkyl halides is 3. The minimum atomic E-state index is -5.31. The molecule has 0 heterocycles. The Bertz CT molecular complexity index is 495. The van der Waals surface area contributed by atoms with Crippen molar-refractivity contribution in [3.8, 4) is 0 Å². The summed E-state index contributed by atoms with van der Waals surface area (Å²) in [5.74, 6) is 0. The number of sulfone groups is 1. The molecule has 0 aromatic heterocycles. The zero-order chi connectivity index (χ0) is 13.3. The molecule has 17 heavy (non-hydrogen) atoms. The van der Waals surface area contributed by atoms with E-state index in [0.29, 0.717) is 0 Å². The third-order valence-corrected chi connectivity index (χ3v) is 3.70. The molecule has 0 bridgehead atoms. The van der Waals surface area contributed by atoms with Gasteiger partial charge in [-0.15, -0.1) is 0 Å². The second-order valence-electron chi connectivity index (χ2n) is 3.74. The average Bonchev–Trinajstić information content (AvgIpc) is 2.15. The van der Waals surface area contributed by atoms with Crippen molar-refractivity contribution < 1.29 is 21.6 Å². The molecule has 96 valence electrons. The van der Waals surface area contributed by atoms with Crippen LogP contribution >= 0.6 is 0 Å². The highest BCUT2D eigenvalue weighted by Crippen LogP contribution is 2.32. The van der Waals surface area contributed by atoms with Crippen LogP contribution in [0.25, 0.3) is 0 Å². The van der Waals surface area contributed by atoms with Gasteiger partial charge in [0.1, 0.15) is 0 Å². The first-order valence-corrected chi connectivity index (χ1v) is 6.29. The topological polar surface area (TPSA) is 60.2 Å². The van der Waals surface area contributed by atoms with Gasteiger partial charge in [0.25, 0.3) is 9.84 Å². The smallest absolute Gasteiger partial charge is 0.328 e. The minimum Gasteiger partial charge on any atom is -0.328 e. The van der Waals surface area contributed by atoms with Gasteiger partial charge in [0, 0.05) is 6.04 Å². The van der Waals surface area contributed by atoms with E-state index in [9.17, 15) is 21.6 Å². The van der Waals surface area contributed by atoms with E-state index >= 15 is 0 Å². The van der Waals surface area contributed by atoms with Gasteiger partial charge in [0.2, 0.25) is 0 Å². The fourth-order valence-corrected chi connectivity index (χ4v) is 2.41. The van der Waals surface area contributed by atoms with Crippen molar-refractivity contribution in [2.45, 2.75) is 29.8 Å². The van der Waals surface area contributed by atoms with Crippen LogP contribution in [0.3, 0.4) is 0 Å². The first-order valence-electron chi connectivity index (χ1n) is 4.81. The lowest BCUT2D eigenvalue weighted by molar-refractivity contribution is -0.0436. The second-order valence-corrected chi connectivity index (χ2v) is 5.65. The molecule has 0 amide bonds.